The van der Waals surface area contributed by atoms with Gasteiger partial charge in [0.1, 0.15) is 5.75 Å². The van der Waals surface area contributed by atoms with Gasteiger partial charge in [-0.25, -0.2) is 0 Å². The summed E-state index contributed by atoms with van der Waals surface area (Å²) >= 11 is 0. The van der Waals surface area contributed by atoms with E-state index in [0.29, 0.717) is 22.6 Å². The van der Waals surface area contributed by atoms with E-state index in [-0.39, 0.29) is 5.43 Å². The number of rotatable bonds is 8. The zero-order chi connectivity index (χ0) is 19.2. The molecule has 1 N–H and O–H groups in total. The lowest BCUT2D eigenvalue weighted by Gasteiger charge is -2.13. The number of ether oxygens (including phenoxy) is 2. The monoisotopic (exact) mass is 365 g/mol. The molecule has 0 radical (unpaired) electrons. The van der Waals surface area contributed by atoms with Crippen LogP contribution in [0.25, 0.3) is 10.9 Å². The molecule has 0 aliphatic rings. The first kappa shape index (κ1) is 19.0. The number of unbranched alkanes of at least 4 members (excludes halogenated alkanes) is 2. The quantitative estimate of drug-likeness (QED) is 0.583. The van der Waals surface area contributed by atoms with Crippen molar-refractivity contribution >= 4 is 10.9 Å². The van der Waals surface area contributed by atoms with E-state index in [0.717, 1.165) is 43.2 Å². The number of aromatic nitrogens is 1. The summed E-state index contributed by atoms with van der Waals surface area (Å²) in [5.41, 5.74) is 3.83. The van der Waals surface area contributed by atoms with Gasteiger partial charge in [-0.05, 0) is 49.8 Å². The van der Waals surface area contributed by atoms with Gasteiger partial charge in [-0.2, -0.15) is 0 Å². The Morgan fingerprint density at radius 1 is 0.889 bits per heavy atom. The maximum atomic E-state index is 12.9. The second-order valence-electron chi connectivity index (χ2n) is 6.84. The number of fused-ring (bicyclic) bond motifs is 1. The van der Waals surface area contributed by atoms with Crippen molar-refractivity contribution in [2.75, 3.05) is 14.2 Å². The molecule has 0 fully saturated rings. The van der Waals surface area contributed by atoms with E-state index >= 15 is 0 Å². The summed E-state index contributed by atoms with van der Waals surface area (Å²) in [5, 5.41) is 0.680. The van der Waals surface area contributed by atoms with Crippen LogP contribution in [0.3, 0.4) is 0 Å². The maximum absolute atomic E-state index is 12.9. The molecule has 0 bridgehead atoms. The van der Waals surface area contributed by atoms with Gasteiger partial charge in [0, 0.05) is 0 Å². The number of hydrogen-bond acceptors (Lipinski definition) is 3. The minimum atomic E-state index is -0.0677. The molecule has 0 unspecified atom stereocenters. The molecule has 0 aliphatic heterocycles. The van der Waals surface area contributed by atoms with Gasteiger partial charge in [-0.1, -0.05) is 42.8 Å². The molecule has 4 nitrogen and oxygen atoms in total. The van der Waals surface area contributed by atoms with Gasteiger partial charge in [0.15, 0.2) is 5.75 Å². The van der Waals surface area contributed by atoms with Crippen molar-refractivity contribution in [2.24, 2.45) is 0 Å². The van der Waals surface area contributed by atoms with Crippen LogP contribution in [0.15, 0.2) is 47.3 Å². The molecule has 1 heterocycles. The van der Waals surface area contributed by atoms with Gasteiger partial charge >= 0.3 is 0 Å². The molecule has 0 spiro atoms. The maximum Gasteiger partial charge on any atom is 0.231 e. The number of pyridine rings is 1. The second-order valence-corrected chi connectivity index (χ2v) is 6.84. The van der Waals surface area contributed by atoms with E-state index in [1.165, 1.54) is 12.7 Å². The molecule has 142 valence electrons. The molecule has 0 saturated heterocycles. The van der Waals surface area contributed by atoms with Crippen molar-refractivity contribution in [2.45, 2.75) is 39.0 Å². The third-order valence-electron chi connectivity index (χ3n) is 5.02. The van der Waals surface area contributed by atoms with Gasteiger partial charge < -0.3 is 14.5 Å². The molecule has 3 aromatic rings. The zero-order valence-corrected chi connectivity index (χ0v) is 16.3. The standard InChI is InChI=1S/C23H27NO3/c1-16-23(27-3)22(25)20-18(14-15-19(26-2)21(20)24-16)13-9-5-8-12-17-10-6-4-7-11-17/h4,6-7,10-11,14-15H,5,8-9,12-13H2,1-3H3,(H,24,25). The van der Waals surface area contributed by atoms with Crippen LogP contribution in [-0.4, -0.2) is 19.2 Å². The summed E-state index contributed by atoms with van der Waals surface area (Å²) in [5.74, 6) is 1.06. The van der Waals surface area contributed by atoms with Crippen LogP contribution < -0.4 is 14.9 Å². The lowest BCUT2D eigenvalue weighted by Crippen LogP contribution is -2.12. The van der Waals surface area contributed by atoms with Crippen LogP contribution in [0.5, 0.6) is 11.5 Å². The molecule has 0 aliphatic carbocycles. The van der Waals surface area contributed by atoms with Crippen molar-refractivity contribution in [3.8, 4) is 11.5 Å². The van der Waals surface area contributed by atoms with E-state index in [4.69, 9.17) is 9.47 Å². The van der Waals surface area contributed by atoms with E-state index in [9.17, 15) is 4.79 Å². The van der Waals surface area contributed by atoms with E-state index in [2.05, 4.69) is 29.2 Å². The van der Waals surface area contributed by atoms with Crippen LogP contribution in [-0.2, 0) is 12.8 Å². The SMILES string of the molecule is COc1c(C)[nH]c2c(OC)ccc(CCCCCc3ccccc3)c2c1=O. The van der Waals surface area contributed by atoms with Crippen molar-refractivity contribution in [3.05, 3.63) is 69.5 Å². The van der Waals surface area contributed by atoms with Crippen molar-refractivity contribution in [3.63, 3.8) is 0 Å². The van der Waals surface area contributed by atoms with Crippen LogP contribution in [0.4, 0.5) is 0 Å². The van der Waals surface area contributed by atoms with Gasteiger partial charge in [0.05, 0.1) is 30.8 Å². The van der Waals surface area contributed by atoms with Crippen LogP contribution in [0.1, 0.15) is 36.1 Å². The highest BCUT2D eigenvalue weighted by Crippen LogP contribution is 2.28. The molecule has 0 atom stereocenters. The Hall–Kier alpha value is -2.75. The molecule has 27 heavy (non-hydrogen) atoms. The molecule has 0 saturated carbocycles. The van der Waals surface area contributed by atoms with Gasteiger partial charge in [-0.3, -0.25) is 4.79 Å². The van der Waals surface area contributed by atoms with Crippen molar-refractivity contribution < 1.29 is 9.47 Å². The number of hydrogen-bond donors (Lipinski definition) is 1. The number of benzene rings is 2. The predicted molar refractivity (Wildman–Crippen MR) is 110 cm³/mol. The summed E-state index contributed by atoms with van der Waals surface area (Å²) in [6, 6.07) is 14.5. The molecule has 0 amide bonds. The molecule has 4 heteroatoms. The molecule has 1 aromatic heterocycles. The summed E-state index contributed by atoms with van der Waals surface area (Å²) < 4.78 is 10.8. The largest absolute Gasteiger partial charge is 0.495 e. The summed E-state index contributed by atoms with van der Waals surface area (Å²) in [6.45, 7) is 1.84. The fourth-order valence-corrected chi connectivity index (χ4v) is 3.63. The molecule has 2 aromatic carbocycles. The first-order valence-corrected chi connectivity index (χ1v) is 9.46. The highest BCUT2D eigenvalue weighted by atomic mass is 16.5. The first-order valence-electron chi connectivity index (χ1n) is 9.46. The Morgan fingerprint density at radius 3 is 2.33 bits per heavy atom. The Bertz CT molecular complexity index is 961. The third kappa shape index (κ3) is 4.16. The lowest BCUT2D eigenvalue weighted by molar-refractivity contribution is 0.405. The van der Waals surface area contributed by atoms with Crippen LogP contribution in [0, 0.1) is 6.92 Å². The normalized spacial score (nSPS) is 10.9. The number of aryl methyl sites for hydroxylation is 3. The van der Waals surface area contributed by atoms with Gasteiger partial charge in [-0.15, -0.1) is 0 Å². The van der Waals surface area contributed by atoms with Crippen LogP contribution in [0.2, 0.25) is 0 Å². The Morgan fingerprint density at radius 2 is 1.63 bits per heavy atom. The lowest BCUT2D eigenvalue weighted by atomic mass is 9.99. The fraction of sp³-hybridized carbons (Fsp3) is 0.348. The highest BCUT2D eigenvalue weighted by Gasteiger charge is 2.16. The highest BCUT2D eigenvalue weighted by molar-refractivity contribution is 5.88. The molecular weight excluding hydrogens is 338 g/mol. The summed E-state index contributed by atoms with van der Waals surface area (Å²) in [4.78, 5) is 16.2. The van der Waals surface area contributed by atoms with Gasteiger partial charge in [0.2, 0.25) is 5.43 Å². The first-order chi connectivity index (χ1) is 13.2. The Kier molecular flexibility index (Phi) is 6.17. The Labute approximate surface area is 160 Å². The third-order valence-corrected chi connectivity index (χ3v) is 5.02. The van der Waals surface area contributed by atoms with Gasteiger partial charge in [0.25, 0.3) is 0 Å². The minimum Gasteiger partial charge on any atom is -0.495 e. The van der Waals surface area contributed by atoms with Crippen molar-refractivity contribution in [1.82, 2.24) is 4.98 Å². The predicted octanol–water partition coefficient (Wildman–Crippen LogP) is 4.81. The van der Waals surface area contributed by atoms with E-state index < -0.39 is 0 Å². The molecule has 3 rings (SSSR count). The average molecular weight is 365 g/mol. The number of nitrogens with one attached hydrogen (secondary N) is 1. The molecular formula is C23H27NO3. The second kappa shape index (κ2) is 8.76. The van der Waals surface area contributed by atoms with E-state index in [1.54, 1.807) is 7.11 Å². The zero-order valence-electron chi connectivity index (χ0n) is 16.3. The van der Waals surface area contributed by atoms with E-state index in [1.807, 2.05) is 25.1 Å². The van der Waals surface area contributed by atoms with Crippen molar-refractivity contribution in [1.29, 1.82) is 0 Å². The Balaban J connectivity index is 1.77. The number of H-pyrrole nitrogens is 1. The fourth-order valence-electron chi connectivity index (χ4n) is 3.63. The smallest absolute Gasteiger partial charge is 0.231 e. The minimum absolute atomic E-state index is 0.0677. The average Bonchev–Trinajstić information content (AvgIpc) is 2.68. The number of methoxy groups -OCH3 is 2. The topological polar surface area (TPSA) is 51.3 Å². The number of aromatic amines is 1. The van der Waals surface area contributed by atoms with Crippen LogP contribution >= 0.6 is 0 Å². The summed E-state index contributed by atoms with van der Waals surface area (Å²) in [6.07, 6.45) is 5.28. The summed E-state index contributed by atoms with van der Waals surface area (Å²) in [7, 11) is 3.16.